The Morgan fingerprint density at radius 3 is 2.60 bits per heavy atom. The van der Waals surface area contributed by atoms with Crippen LogP contribution in [0.4, 0.5) is 0 Å². The second kappa shape index (κ2) is 4.96. The first-order chi connectivity index (χ1) is 6.95. The number of rotatable bonds is 3. The van der Waals surface area contributed by atoms with E-state index in [1.54, 1.807) is 4.90 Å². The molecule has 0 bridgehead atoms. The van der Waals surface area contributed by atoms with Crippen LogP contribution in [0.2, 0.25) is 0 Å². The summed E-state index contributed by atoms with van der Waals surface area (Å²) < 4.78 is 0. The zero-order valence-corrected chi connectivity index (χ0v) is 9.39. The fourth-order valence-corrected chi connectivity index (χ4v) is 1.87. The van der Waals surface area contributed by atoms with Gasteiger partial charge >= 0.3 is 7.12 Å². The van der Waals surface area contributed by atoms with Gasteiger partial charge in [0.25, 0.3) is 5.91 Å². The van der Waals surface area contributed by atoms with Gasteiger partial charge in [-0.1, -0.05) is 13.8 Å². The minimum Gasteiger partial charge on any atom is -0.426 e. The number of nitrogens with zero attached hydrogens (tertiary/aromatic N) is 1. The summed E-state index contributed by atoms with van der Waals surface area (Å²) in [6.45, 7) is 4.49. The van der Waals surface area contributed by atoms with E-state index in [4.69, 9.17) is 10.0 Å². The largest absolute Gasteiger partial charge is 0.475 e. The summed E-state index contributed by atoms with van der Waals surface area (Å²) >= 11 is 0. The topological polar surface area (TPSA) is 88.4 Å². The average Bonchev–Trinajstić information content (AvgIpc) is 2.63. The Bertz CT molecular complexity index is 235. The molecule has 5 nitrogen and oxygen atoms in total. The Morgan fingerprint density at radius 1 is 1.53 bits per heavy atom. The summed E-state index contributed by atoms with van der Waals surface area (Å²) in [6.07, 6.45) is 1.49. The van der Waals surface area contributed by atoms with Crippen molar-refractivity contribution in [2.75, 3.05) is 6.54 Å². The Labute approximate surface area is 90.4 Å². The van der Waals surface area contributed by atoms with Gasteiger partial charge in [-0.2, -0.15) is 0 Å². The van der Waals surface area contributed by atoms with Gasteiger partial charge in [-0.05, 0) is 12.8 Å². The highest BCUT2D eigenvalue weighted by Gasteiger charge is 2.40. The molecule has 0 unspecified atom stereocenters. The molecule has 0 radical (unpaired) electrons. The van der Waals surface area contributed by atoms with Crippen LogP contribution in [0.1, 0.15) is 26.7 Å². The van der Waals surface area contributed by atoms with E-state index in [-0.39, 0.29) is 17.9 Å². The molecule has 1 rings (SSSR count). The van der Waals surface area contributed by atoms with Gasteiger partial charge in [0.15, 0.2) is 6.04 Å². The Kier molecular flexibility index (Phi) is 4.13. The van der Waals surface area contributed by atoms with Crippen LogP contribution in [0.3, 0.4) is 0 Å². The van der Waals surface area contributed by atoms with Crippen LogP contribution in [-0.4, -0.2) is 46.5 Å². The van der Waals surface area contributed by atoms with Crippen LogP contribution in [0.15, 0.2) is 0 Å². The third-order valence-electron chi connectivity index (χ3n) is 3.05. The van der Waals surface area contributed by atoms with Crippen molar-refractivity contribution < 1.29 is 20.6 Å². The molecule has 0 aromatic carbocycles. The first kappa shape index (κ1) is 12.5. The van der Waals surface area contributed by atoms with Gasteiger partial charge in [0.05, 0.1) is 5.94 Å². The van der Waals surface area contributed by atoms with E-state index in [0.29, 0.717) is 13.0 Å². The predicted octanol–water partition coefficient (Wildman–Crippen LogP) is -1.74. The van der Waals surface area contributed by atoms with Gasteiger partial charge in [-0.3, -0.25) is 4.79 Å². The first-order valence-electron chi connectivity index (χ1n) is 5.45. The third-order valence-corrected chi connectivity index (χ3v) is 3.05. The summed E-state index contributed by atoms with van der Waals surface area (Å²) in [5.41, 5.74) is 3.82. The minimum absolute atomic E-state index is 0.0689. The van der Waals surface area contributed by atoms with Crippen molar-refractivity contribution in [2.24, 2.45) is 5.92 Å². The number of carbonyl (C=O) groups is 1. The van der Waals surface area contributed by atoms with Gasteiger partial charge in [0.2, 0.25) is 0 Å². The summed E-state index contributed by atoms with van der Waals surface area (Å²) in [7, 11) is -1.43. The Balaban J connectivity index is 2.66. The maximum atomic E-state index is 11.9. The molecule has 0 spiro atoms. The van der Waals surface area contributed by atoms with Crippen molar-refractivity contribution in [3.63, 3.8) is 0 Å². The fourth-order valence-electron chi connectivity index (χ4n) is 1.87. The van der Waals surface area contributed by atoms with Crippen LogP contribution in [0.25, 0.3) is 0 Å². The molecule has 1 heterocycles. The number of quaternary nitrogens is 1. The van der Waals surface area contributed by atoms with E-state index in [9.17, 15) is 4.79 Å². The quantitative estimate of drug-likeness (QED) is 0.488. The van der Waals surface area contributed by atoms with E-state index in [1.165, 1.54) is 0 Å². The van der Waals surface area contributed by atoms with Gasteiger partial charge in [0, 0.05) is 12.5 Å². The van der Waals surface area contributed by atoms with Crippen molar-refractivity contribution in [2.45, 2.75) is 38.7 Å². The zero-order valence-electron chi connectivity index (χ0n) is 9.39. The molecule has 2 atom stereocenters. The van der Waals surface area contributed by atoms with E-state index in [1.807, 2.05) is 13.8 Å². The monoisotopic (exact) mass is 215 g/mol. The molecule has 86 valence electrons. The lowest BCUT2D eigenvalue weighted by atomic mass is 9.77. The van der Waals surface area contributed by atoms with E-state index in [2.05, 4.69) is 5.73 Å². The lowest BCUT2D eigenvalue weighted by molar-refractivity contribution is -0.416. The van der Waals surface area contributed by atoms with Crippen molar-refractivity contribution in [1.29, 1.82) is 0 Å². The standard InChI is InChI=1S/C9H19BN2O3/c1-6(2)8(11)9(13)12-5-3-4-7(12)10(14)15/h6-8,14-15H,3-5,11H2,1-2H3/p+1/t7-,8+/m0/s1. The average molecular weight is 215 g/mol. The van der Waals surface area contributed by atoms with Crippen LogP contribution in [0, 0.1) is 5.92 Å². The van der Waals surface area contributed by atoms with E-state index < -0.39 is 13.1 Å². The minimum atomic E-state index is -1.43. The molecule has 0 aromatic heterocycles. The lowest BCUT2D eigenvalue weighted by Crippen LogP contribution is -2.71. The molecule has 1 aliphatic rings. The highest BCUT2D eigenvalue weighted by atomic mass is 16.4. The van der Waals surface area contributed by atoms with E-state index in [0.717, 1.165) is 6.42 Å². The summed E-state index contributed by atoms with van der Waals surface area (Å²) in [6, 6.07) is -0.302. The molecular weight excluding hydrogens is 195 g/mol. The molecule has 0 aromatic rings. The van der Waals surface area contributed by atoms with Crippen LogP contribution in [-0.2, 0) is 4.79 Å². The molecule has 1 fully saturated rings. The number of likely N-dealkylation sites (tertiary alicyclic amines) is 1. The highest BCUT2D eigenvalue weighted by Crippen LogP contribution is 2.19. The van der Waals surface area contributed by atoms with Gasteiger partial charge in [-0.25, -0.2) is 0 Å². The fraction of sp³-hybridized carbons (Fsp3) is 0.889. The molecule has 1 amide bonds. The molecule has 1 saturated heterocycles. The number of hydrogen-bond acceptors (Lipinski definition) is 3. The van der Waals surface area contributed by atoms with Gasteiger partial charge in [0.1, 0.15) is 0 Å². The van der Waals surface area contributed by atoms with Gasteiger partial charge < -0.3 is 20.7 Å². The molecule has 1 aliphatic heterocycles. The summed E-state index contributed by atoms with van der Waals surface area (Å²) in [4.78, 5) is 13.5. The maximum Gasteiger partial charge on any atom is 0.475 e. The van der Waals surface area contributed by atoms with E-state index >= 15 is 0 Å². The Hall–Kier alpha value is -0.585. The lowest BCUT2D eigenvalue weighted by Gasteiger charge is -2.26. The smallest absolute Gasteiger partial charge is 0.426 e. The summed E-state index contributed by atoms with van der Waals surface area (Å²) in [5, 5.41) is 18.3. The van der Waals surface area contributed by atoms with Crippen LogP contribution < -0.4 is 5.73 Å². The third kappa shape index (κ3) is 2.71. The molecular formula is C9H20BN2O3+. The normalized spacial score (nSPS) is 23.3. The molecule has 6 heteroatoms. The molecule has 5 N–H and O–H groups in total. The number of amides is 1. The first-order valence-corrected chi connectivity index (χ1v) is 5.45. The second-order valence-electron chi connectivity index (χ2n) is 4.51. The molecule has 0 saturated carbocycles. The summed E-state index contributed by atoms with van der Waals surface area (Å²) in [5.74, 6) is -0.337. The van der Waals surface area contributed by atoms with Crippen molar-refractivity contribution in [3.8, 4) is 0 Å². The second-order valence-corrected chi connectivity index (χ2v) is 4.51. The maximum absolute atomic E-state index is 11.9. The molecule has 15 heavy (non-hydrogen) atoms. The Morgan fingerprint density at radius 2 is 2.13 bits per heavy atom. The zero-order chi connectivity index (χ0) is 11.6. The van der Waals surface area contributed by atoms with Gasteiger partial charge in [-0.15, -0.1) is 0 Å². The van der Waals surface area contributed by atoms with Crippen molar-refractivity contribution in [1.82, 2.24) is 4.90 Å². The van der Waals surface area contributed by atoms with Crippen molar-refractivity contribution >= 4 is 13.0 Å². The van der Waals surface area contributed by atoms with Crippen molar-refractivity contribution in [3.05, 3.63) is 0 Å². The highest BCUT2D eigenvalue weighted by molar-refractivity contribution is 6.43. The number of carbonyl (C=O) groups excluding carboxylic acids is 1. The molecule has 0 aliphatic carbocycles. The SMILES string of the molecule is CC(C)[C@@H]([NH3+])C(=O)N1CCC[C@H]1B(O)O. The van der Waals surface area contributed by atoms with Crippen LogP contribution >= 0.6 is 0 Å². The number of hydrogen-bond donors (Lipinski definition) is 3. The van der Waals surface area contributed by atoms with Crippen LogP contribution in [0.5, 0.6) is 0 Å². The predicted molar refractivity (Wildman–Crippen MR) is 56.4 cm³/mol.